The molecule has 0 saturated carbocycles. The molecule has 0 N–H and O–H groups in total. The molecule has 11 aromatic rings. The van der Waals surface area contributed by atoms with Crippen LogP contribution in [0.2, 0.25) is 0 Å². The number of anilines is 3. The molecule has 0 aliphatic rings. The molecule has 9 aromatic carbocycles. The lowest BCUT2D eigenvalue weighted by Gasteiger charge is -2.28. The smallest absolute Gasteiger partial charge is 0.159 e. The lowest BCUT2D eigenvalue weighted by Crippen LogP contribution is -2.12. The van der Waals surface area contributed by atoms with Crippen molar-refractivity contribution in [1.29, 1.82) is 0 Å². The predicted octanol–water partition coefficient (Wildman–Crippen LogP) is 15.2. The van der Waals surface area contributed by atoms with Crippen LogP contribution in [0, 0.1) is 0 Å². The number of hydrogen-bond acceptors (Lipinski definition) is 2. The van der Waals surface area contributed by atoms with Crippen molar-refractivity contribution < 1.29 is 4.42 Å². The number of aromatic nitrogens is 1. The molecule has 57 heavy (non-hydrogen) atoms. The molecule has 2 aromatic heterocycles. The molecule has 268 valence electrons. The minimum absolute atomic E-state index is 0.854. The van der Waals surface area contributed by atoms with Crippen LogP contribution >= 0.6 is 0 Å². The lowest BCUT2D eigenvalue weighted by atomic mass is 9.94. The van der Waals surface area contributed by atoms with Crippen molar-refractivity contribution in [3.63, 3.8) is 0 Å². The molecule has 0 spiro atoms. The topological polar surface area (TPSA) is 21.3 Å². The standard InChI is InChI=1S/C54H36N2O/c1-3-18-37(19-4-1)41-24-7-8-25-42(41)39-22-15-23-40(36-39)55-48-31-13-10-28-46(48)53-49(55)32-17-33-50(53)56(47-30-12-9-26-43(47)38-20-5-2-6-21-38)51-34-16-29-45-44-27-11-14-35-52(44)57-54(45)51/h1-36H. The van der Waals surface area contributed by atoms with Crippen LogP contribution in [0.1, 0.15) is 0 Å². The molecule has 0 unspecified atom stereocenters. The van der Waals surface area contributed by atoms with E-state index in [4.69, 9.17) is 4.42 Å². The van der Waals surface area contributed by atoms with Gasteiger partial charge >= 0.3 is 0 Å². The Bertz CT molecular complexity index is 3250. The molecule has 0 aliphatic heterocycles. The maximum absolute atomic E-state index is 6.78. The maximum atomic E-state index is 6.78. The summed E-state index contributed by atoms with van der Waals surface area (Å²) in [6.07, 6.45) is 0. The summed E-state index contributed by atoms with van der Waals surface area (Å²) in [6.45, 7) is 0. The van der Waals surface area contributed by atoms with Crippen molar-refractivity contribution in [2.24, 2.45) is 0 Å². The second-order valence-electron chi connectivity index (χ2n) is 14.5. The molecular weight excluding hydrogens is 693 g/mol. The van der Waals surface area contributed by atoms with Crippen LogP contribution in [-0.2, 0) is 0 Å². The van der Waals surface area contributed by atoms with Crippen molar-refractivity contribution in [3.05, 3.63) is 218 Å². The third-order valence-corrected chi connectivity index (χ3v) is 11.2. The van der Waals surface area contributed by atoms with Gasteiger partial charge in [0.05, 0.1) is 28.1 Å². The van der Waals surface area contributed by atoms with E-state index < -0.39 is 0 Å². The minimum Gasteiger partial charge on any atom is -0.454 e. The Morgan fingerprint density at radius 3 is 1.68 bits per heavy atom. The lowest BCUT2D eigenvalue weighted by molar-refractivity contribution is 0.669. The number of rotatable bonds is 7. The van der Waals surface area contributed by atoms with Gasteiger partial charge in [-0.3, -0.25) is 0 Å². The summed E-state index contributed by atoms with van der Waals surface area (Å²) in [5, 5.41) is 4.54. The molecule has 0 fully saturated rings. The van der Waals surface area contributed by atoms with Gasteiger partial charge in [-0.2, -0.15) is 0 Å². The van der Waals surface area contributed by atoms with Crippen LogP contribution in [0.25, 0.3) is 82.8 Å². The van der Waals surface area contributed by atoms with E-state index in [0.717, 1.165) is 66.8 Å². The monoisotopic (exact) mass is 728 g/mol. The average Bonchev–Trinajstić information content (AvgIpc) is 3.84. The SMILES string of the molecule is c1ccc(-c2ccccc2-c2cccc(-n3c4ccccc4c4c(N(c5ccccc5-c5ccccc5)c5cccc6c5oc5ccccc56)cccc43)c2)cc1. The number of para-hydroxylation sites is 4. The van der Waals surface area contributed by atoms with E-state index in [1.807, 2.05) is 6.07 Å². The van der Waals surface area contributed by atoms with E-state index in [1.165, 1.54) is 33.0 Å². The summed E-state index contributed by atoms with van der Waals surface area (Å²) in [7, 11) is 0. The fraction of sp³-hybridized carbons (Fsp3) is 0. The van der Waals surface area contributed by atoms with Gasteiger partial charge in [-0.15, -0.1) is 0 Å². The zero-order valence-electron chi connectivity index (χ0n) is 31.1. The molecule has 0 saturated heterocycles. The van der Waals surface area contributed by atoms with Gasteiger partial charge in [0, 0.05) is 32.8 Å². The Morgan fingerprint density at radius 1 is 0.351 bits per heavy atom. The Balaban J connectivity index is 1.19. The normalized spacial score (nSPS) is 11.5. The quantitative estimate of drug-likeness (QED) is 0.163. The van der Waals surface area contributed by atoms with E-state index in [0.29, 0.717) is 0 Å². The summed E-state index contributed by atoms with van der Waals surface area (Å²) in [5.74, 6) is 0. The number of hydrogen-bond donors (Lipinski definition) is 0. The highest BCUT2D eigenvalue weighted by molar-refractivity contribution is 6.18. The van der Waals surface area contributed by atoms with Gasteiger partial charge in [-0.1, -0.05) is 170 Å². The molecule has 11 rings (SSSR count). The highest BCUT2D eigenvalue weighted by atomic mass is 16.3. The van der Waals surface area contributed by atoms with Gasteiger partial charge in [0.1, 0.15) is 5.58 Å². The first kappa shape index (κ1) is 32.8. The summed E-state index contributed by atoms with van der Waals surface area (Å²) in [6, 6.07) is 78.0. The van der Waals surface area contributed by atoms with Crippen LogP contribution in [0.15, 0.2) is 223 Å². The zero-order valence-corrected chi connectivity index (χ0v) is 31.1. The first-order valence-corrected chi connectivity index (χ1v) is 19.4. The predicted molar refractivity (Wildman–Crippen MR) is 239 cm³/mol. The van der Waals surface area contributed by atoms with E-state index in [2.05, 4.69) is 222 Å². The van der Waals surface area contributed by atoms with Gasteiger partial charge in [0.2, 0.25) is 0 Å². The summed E-state index contributed by atoms with van der Waals surface area (Å²) in [5.41, 5.74) is 15.3. The summed E-state index contributed by atoms with van der Waals surface area (Å²) >= 11 is 0. The van der Waals surface area contributed by atoms with Crippen molar-refractivity contribution in [2.75, 3.05) is 4.90 Å². The number of furan rings is 1. The van der Waals surface area contributed by atoms with Crippen LogP contribution in [0.3, 0.4) is 0 Å². The summed E-state index contributed by atoms with van der Waals surface area (Å²) in [4.78, 5) is 2.42. The van der Waals surface area contributed by atoms with Crippen LogP contribution in [0.5, 0.6) is 0 Å². The van der Waals surface area contributed by atoms with Crippen molar-refractivity contribution in [3.8, 4) is 39.1 Å². The largest absolute Gasteiger partial charge is 0.454 e. The van der Waals surface area contributed by atoms with E-state index in [1.54, 1.807) is 0 Å². The molecule has 0 radical (unpaired) electrons. The van der Waals surface area contributed by atoms with Gasteiger partial charge in [-0.05, 0) is 76.3 Å². The van der Waals surface area contributed by atoms with E-state index in [9.17, 15) is 0 Å². The van der Waals surface area contributed by atoms with Crippen molar-refractivity contribution >= 4 is 60.8 Å². The van der Waals surface area contributed by atoms with Crippen LogP contribution in [0.4, 0.5) is 17.1 Å². The highest BCUT2D eigenvalue weighted by Gasteiger charge is 2.26. The van der Waals surface area contributed by atoms with Crippen LogP contribution < -0.4 is 4.90 Å². The number of benzene rings is 9. The Kier molecular flexibility index (Phi) is 7.82. The Hall–Kier alpha value is -7.62. The Labute approximate surface area is 330 Å². The maximum Gasteiger partial charge on any atom is 0.159 e. The molecule has 0 aliphatic carbocycles. The average molecular weight is 729 g/mol. The Morgan fingerprint density at radius 2 is 0.877 bits per heavy atom. The van der Waals surface area contributed by atoms with Crippen molar-refractivity contribution in [2.45, 2.75) is 0 Å². The molecule has 0 amide bonds. The van der Waals surface area contributed by atoms with Gasteiger partial charge < -0.3 is 13.9 Å². The second kappa shape index (κ2) is 13.6. The fourth-order valence-electron chi connectivity index (χ4n) is 8.71. The van der Waals surface area contributed by atoms with Crippen molar-refractivity contribution in [1.82, 2.24) is 4.57 Å². The van der Waals surface area contributed by atoms with E-state index in [-0.39, 0.29) is 0 Å². The molecule has 3 nitrogen and oxygen atoms in total. The number of nitrogens with zero attached hydrogens (tertiary/aromatic N) is 2. The van der Waals surface area contributed by atoms with Gasteiger partial charge in [0.15, 0.2) is 5.58 Å². The zero-order chi connectivity index (χ0) is 37.7. The molecule has 0 atom stereocenters. The molecular formula is C54H36N2O. The minimum atomic E-state index is 0.854. The van der Waals surface area contributed by atoms with Gasteiger partial charge in [0.25, 0.3) is 0 Å². The molecule has 3 heteroatoms. The second-order valence-corrected chi connectivity index (χ2v) is 14.5. The highest BCUT2D eigenvalue weighted by Crippen LogP contribution is 2.49. The number of fused-ring (bicyclic) bond motifs is 6. The van der Waals surface area contributed by atoms with Gasteiger partial charge in [-0.25, -0.2) is 0 Å². The first-order chi connectivity index (χ1) is 28.3. The summed E-state index contributed by atoms with van der Waals surface area (Å²) < 4.78 is 9.20. The molecule has 0 bridgehead atoms. The van der Waals surface area contributed by atoms with Crippen LogP contribution in [-0.4, -0.2) is 4.57 Å². The van der Waals surface area contributed by atoms with E-state index >= 15 is 0 Å². The fourth-order valence-corrected chi connectivity index (χ4v) is 8.71. The third-order valence-electron chi connectivity index (χ3n) is 11.2. The third kappa shape index (κ3) is 5.43. The first-order valence-electron chi connectivity index (χ1n) is 19.4. The molecule has 2 heterocycles.